The van der Waals surface area contributed by atoms with E-state index in [1.807, 2.05) is 24.3 Å². The van der Waals surface area contributed by atoms with Crippen LogP contribution in [0.1, 0.15) is 10.4 Å². The van der Waals surface area contributed by atoms with E-state index in [-0.39, 0.29) is 5.56 Å². The van der Waals surface area contributed by atoms with Crippen molar-refractivity contribution in [1.29, 1.82) is 0 Å². The number of aromatic carboxylic acids is 1. The van der Waals surface area contributed by atoms with Crippen LogP contribution in [0, 0.1) is 0 Å². The first-order chi connectivity index (χ1) is 8.08. The first-order valence-electron chi connectivity index (χ1n) is 4.87. The molecule has 2 aromatic rings. The molecule has 0 saturated heterocycles. The Hall–Kier alpha value is -1.32. The highest BCUT2D eigenvalue weighted by atomic mass is 79.9. The van der Waals surface area contributed by atoms with Crippen molar-refractivity contribution >= 4 is 33.5 Å². The number of halogens is 2. The van der Waals surface area contributed by atoms with E-state index >= 15 is 0 Å². The van der Waals surface area contributed by atoms with E-state index in [1.54, 1.807) is 12.1 Å². The van der Waals surface area contributed by atoms with E-state index in [2.05, 4.69) is 15.9 Å². The zero-order valence-electron chi connectivity index (χ0n) is 8.65. The third-order valence-electron chi connectivity index (χ3n) is 2.35. The maximum absolute atomic E-state index is 10.9. The van der Waals surface area contributed by atoms with Gasteiger partial charge in [0.2, 0.25) is 0 Å². The molecular formula is C13H8BrClO2. The summed E-state index contributed by atoms with van der Waals surface area (Å²) >= 11 is 9.45. The summed E-state index contributed by atoms with van der Waals surface area (Å²) in [5.74, 6) is -0.960. The van der Waals surface area contributed by atoms with Crippen molar-refractivity contribution in [1.82, 2.24) is 0 Å². The van der Waals surface area contributed by atoms with Gasteiger partial charge in [-0.3, -0.25) is 0 Å². The molecule has 0 saturated carbocycles. The Morgan fingerprint density at radius 2 is 1.94 bits per heavy atom. The number of carboxylic acid groups (broad SMARTS) is 1. The molecule has 86 valence electrons. The van der Waals surface area contributed by atoms with Gasteiger partial charge < -0.3 is 5.11 Å². The van der Waals surface area contributed by atoms with Crippen LogP contribution in [0.15, 0.2) is 46.9 Å². The first kappa shape index (κ1) is 12.1. The lowest BCUT2D eigenvalue weighted by Gasteiger charge is -2.06. The maximum Gasteiger partial charge on any atom is 0.335 e. The third kappa shape index (κ3) is 2.68. The molecule has 0 radical (unpaired) electrons. The number of carboxylic acids is 1. The van der Waals surface area contributed by atoms with Crippen LogP contribution in [0.4, 0.5) is 0 Å². The fourth-order valence-corrected chi connectivity index (χ4v) is 2.16. The number of rotatable bonds is 2. The summed E-state index contributed by atoms with van der Waals surface area (Å²) in [5, 5.41) is 9.48. The van der Waals surface area contributed by atoms with Gasteiger partial charge in [-0.15, -0.1) is 0 Å². The molecule has 17 heavy (non-hydrogen) atoms. The maximum atomic E-state index is 10.9. The summed E-state index contributed by atoms with van der Waals surface area (Å²) in [4.78, 5) is 10.9. The summed E-state index contributed by atoms with van der Waals surface area (Å²) in [6, 6.07) is 12.2. The van der Waals surface area contributed by atoms with Crippen molar-refractivity contribution in [2.75, 3.05) is 0 Å². The number of hydrogen-bond acceptors (Lipinski definition) is 1. The summed E-state index contributed by atoms with van der Waals surface area (Å²) < 4.78 is 0.923. The first-order valence-corrected chi connectivity index (χ1v) is 6.04. The monoisotopic (exact) mass is 310 g/mol. The van der Waals surface area contributed by atoms with Crippen molar-refractivity contribution in [3.05, 3.63) is 57.5 Å². The minimum Gasteiger partial charge on any atom is -0.478 e. The lowest BCUT2D eigenvalue weighted by molar-refractivity contribution is 0.0697. The third-order valence-corrected chi connectivity index (χ3v) is 3.17. The van der Waals surface area contributed by atoms with Gasteiger partial charge in [0.05, 0.1) is 5.56 Å². The average molecular weight is 312 g/mol. The van der Waals surface area contributed by atoms with E-state index in [4.69, 9.17) is 16.7 Å². The Morgan fingerprint density at radius 1 is 1.18 bits per heavy atom. The quantitative estimate of drug-likeness (QED) is 0.888. The lowest BCUT2D eigenvalue weighted by Crippen LogP contribution is -1.96. The van der Waals surface area contributed by atoms with Crippen LogP contribution in [0.5, 0.6) is 0 Å². The van der Waals surface area contributed by atoms with Crippen molar-refractivity contribution in [2.45, 2.75) is 0 Å². The van der Waals surface area contributed by atoms with Gasteiger partial charge in [-0.1, -0.05) is 39.7 Å². The minimum atomic E-state index is -0.960. The second kappa shape index (κ2) is 4.90. The number of carbonyl (C=O) groups is 1. The molecule has 0 amide bonds. The van der Waals surface area contributed by atoms with Crippen molar-refractivity contribution in [3.63, 3.8) is 0 Å². The molecule has 0 bridgehead atoms. The average Bonchev–Trinajstić information content (AvgIpc) is 2.29. The van der Waals surface area contributed by atoms with Gasteiger partial charge in [0, 0.05) is 15.1 Å². The zero-order valence-corrected chi connectivity index (χ0v) is 11.0. The Morgan fingerprint density at radius 3 is 2.59 bits per heavy atom. The predicted octanol–water partition coefficient (Wildman–Crippen LogP) is 4.47. The van der Waals surface area contributed by atoms with Crippen molar-refractivity contribution in [2.24, 2.45) is 0 Å². The topological polar surface area (TPSA) is 37.3 Å². The molecule has 0 aliphatic rings. The standard InChI is InChI=1S/C13H8BrClO2/c14-10-3-1-2-8(6-10)11-7-9(13(16)17)4-5-12(11)15/h1-7H,(H,16,17). The number of benzene rings is 2. The highest BCUT2D eigenvalue weighted by Crippen LogP contribution is 2.30. The summed E-state index contributed by atoms with van der Waals surface area (Å²) in [6.07, 6.45) is 0. The van der Waals surface area contributed by atoms with Crippen LogP contribution in [0.25, 0.3) is 11.1 Å². The highest BCUT2D eigenvalue weighted by Gasteiger charge is 2.09. The van der Waals surface area contributed by atoms with Gasteiger partial charge in [0.1, 0.15) is 0 Å². The molecule has 0 unspecified atom stereocenters. The van der Waals surface area contributed by atoms with Crippen LogP contribution in [-0.4, -0.2) is 11.1 Å². The fraction of sp³-hybridized carbons (Fsp3) is 0. The zero-order chi connectivity index (χ0) is 12.4. The molecule has 2 aromatic carbocycles. The van der Waals surface area contributed by atoms with Crippen LogP contribution < -0.4 is 0 Å². The normalized spacial score (nSPS) is 10.2. The van der Waals surface area contributed by atoms with E-state index in [0.29, 0.717) is 10.6 Å². The van der Waals surface area contributed by atoms with E-state index in [9.17, 15) is 4.79 Å². The van der Waals surface area contributed by atoms with Crippen LogP contribution in [-0.2, 0) is 0 Å². The molecule has 0 aromatic heterocycles. The Balaban J connectivity index is 2.58. The van der Waals surface area contributed by atoms with E-state index in [0.717, 1.165) is 10.0 Å². The summed E-state index contributed by atoms with van der Waals surface area (Å²) in [6.45, 7) is 0. The minimum absolute atomic E-state index is 0.226. The molecule has 0 fully saturated rings. The molecule has 0 spiro atoms. The fourth-order valence-electron chi connectivity index (χ4n) is 1.54. The van der Waals surface area contributed by atoms with E-state index in [1.165, 1.54) is 6.07 Å². The lowest BCUT2D eigenvalue weighted by atomic mass is 10.0. The molecule has 0 aliphatic heterocycles. The largest absolute Gasteiger partial charge is 0.478 e. The predicted molar refractivity (Wildman–Crippen MR) is 71.5 cm³/mol. The van der Waals surface area contributed by atoms with Crippen molar-refractivity contribution < 1.29 is 9.90 Å². The highest BCUT2D eigenvalue weighted by molar-refractivity contribution is 9.10. The second-order valence-electron chi connectivity index (χ2n) is 3.51. The van der Waals surface area contributed by atoms with Gasteiger partial charge in [0.25, 0.3) is 0 Å². The molecule has 4 heteroatoms. The Kier molecular flexibility index (Phi) is 3.50. The molecule has 0 heterocycles. The number of hydrogen-bond donors (Lipinski definition) is 1. The molecule has 1 N–H and O–H groups in total. The van der Waals surface area contributed by atoms with Gasteiger partial charge in [-0.2, -0.15) is 0 Å². The van der Waals surface area contributed by atoms with Gasteiger partial charge in [-0.25, -0.2) is 4.79 Å². The molecule has 0 atom stereocenters. The van der Waals surface area contributed by atoms with Crippen LogP contribution >= 0.6 is 27.5 Å². The van der Waals surface area contributed by atoms with Crippen LogP contribution in [0.2, 0.25) is 5.02 Å². The molecule has 2 rings (SSSR count). The van der Waals surface area contributed by atoms with E-state index < -0.39 is 5.97 Å². The molecular weight excluding hydrogens is 303 g/mol. The van der Waals surface area contributed by atoms with Gasteiger partial charge >= 0.3 is 5.97 Å². The SMILES string of the molecule is O=C(O)c1ccc(Cl)c(-c2cccc(Br)c2)c1. The smallest absolute Gasteiger partial charge is 0.335 e. The molecule has 2 nitrogen and oxygen atoms in total. The molecule has 0 aliphatic carbocycles. The van der Waals surface area contributed by atoms with Gasteiger partial charge in [-0.05, 0) is 35.9 Å². The Labute approximate surface area is 112 Å². The summed E-state index contributed by atoms with van der Waals surface area (Å²) in [5.41, 5.74) is 1.82. The van der Waals surface area contributed by atoms with Gasteiger partial charge in [0.15, 0.2) is 0 Å². The Bertz CT molecular complexity index is 581. The second-order valence-corrected chi connectivity index (χ2v) is 4.83. The van der Waals surface area contributed by atoms with Crippen LogP contribution in [0.3, 0.4) is 0 Å². The van der Waals surface area contributed by atoms with Crippen molar-refractivity contribution in [3.8, 4) is 11.1 Å². The summed E-state index contributed by atoms with van der Waals surface area (Å²) in [7, 11) is 0.